The maximum absolute atomic E-state index is 13.3. The molecule has 0 atom stereocenters. The van der Waals surface area contributed by atoms with Gasteiger partial charge in [-0.15, -0.1) is 0 Å². The molecule has 5 nitrogen and oxygen atoms in total. The first kappa shape index (κ1) is 22.2. The third kappa shape index (κ3) is 4.47. The molecule has 0 unspecified atom stereocenters. The van der Waals surface area contributed by atoms with Crippen molar-refractivity contribution >= 4 is 23.3 Å². The number of amides is 1. The minimum absolute atomic E-state index is 0.0392. The molecule has 0 aliphatic carbocycles. The highest BCUT2D eigenvalue weighted by molar-refractivity contribution is 6.33. The van der Waals surface area contributed by atoms with Crippen molar-refractivity contribution in [2.45, 2.75) is 13.8 Å². The predicted octanol–water partition coefficient (Wildman–Crippen LogP) is 4.53. The molecule has 0 N–H and O–H groups in total. The van der Waals surface area contributed by atoms with Gasteiger partial charge in [-0.3, -0.25) is 14.5 Å². The Hall–Kier alpha value is -2.96. The summed E-state index contributed by atoms with van der Waals surface area (Å²) < 4.78 is 15.3. The maximum Gasteiger partial charge on any atom is 0.255 e. The summed E-state index contributed by atoms with van der Waals surface area (Å²) >= 11 is 6.16. The van der Waals surface area contributed by atoms with Gasteiger partial charge >= 0.3 is 0 Å². The molecule has 3 aromatic rings. The lowest BCUT2D eigenvalue weighted by Gasteiger charge is -2.34. The van der Waals surface area contributed by atoms with Gasteiger partial charge in [0.05, 0.1) is 17.1 Å². The van der Waals surface area contributed by atoms with Crippen molar-refractivity contribution < 1.29 is 14.0 Å². The molecule has 0 spiro atoms. The Labute approximate surface area is 192 Å². The van der Waals surface area contributed by atoms with Crippen LogP contribution in [0.3, 0.4) is 0 Å². The molecule has 4 rings (SSSR count). The molecule has 7 heteroatoms. The lowest BCUT2D eigenvalue weighted by molar-refractivity contribution is 0.0624. The van der Waals surface area contributed by atoms with Crippen molar-refractivity contribution in [3.8, 4) is 5.69 Å². The van der Waals surface area contributed by atoms with Gasteiger partial charge in [-0.1, -0.05) is 23.7 Å². The van der Waals surface area contributed by atoms with Crippen LogP contribution in [0.1, 0.15) is 32.1 Å². The van der Waals surface area contributed by atoms with Crippen molar-refractivity contribution in [2.24, 2.45) is 0 Å². The summed E-state index contributed by atoms with van der Waals surface area (Å²) in [5.74, 6) is -0.332. The summed E-state index contributed by atoms with van der Waals surface area (Å²) in [6, 6.07) is 15.2. The van der Waals surface area contributed by atoms with Crippen molar-refractivity contribution in [3.63, 3.8) is 0 Å². The normalized spacial score (nSPS) is 14.6. The zero-order chi connectivity index (χ0) is 22.8. The Morgan fingerprint density at radius 2 is 1.59 bits per heavy atom. The van der Waals surface area contributed by atoms with Crippen LogP contribution in [0.15, 0.2) is 54.6 Å². The van der Waals surface area contributed by atoms with E-state index in [9.17, 15) is 14.0 Å². The van der Waals surface area contributed by atoms with Gasteiger partial charge in [0.2, 0.25) is 0 Å². The lowest BCUT2D eigenvalue weighted by atomic mass is 10.1. The highest BCUT2D eigenvalue weighted by Crippen LogP contribution is 2.22. The Morgan fingerprint density at radius 3 is 2.25 bits per heavy atom. The van der Waals surface area contributed by atoms with Crippen molar-refractivity contribution in [3.05, 3.63) is 88.0 Å². The molecular formula is C25H25ClFN3O2. The molecule has 2 aromatic carbocycles. The van der Waals surface area contributed by atoms with E-state index >= 15 is 0 Å². The van der Waals surface area contributed by atoms with Gasteiger partial charge in [0.15, 0.2) is 5.78 Å². The zero-order valence-electron chi connectivity index (χ0n) is 18.1. The average Bonchev–Trinajstić information content (AvgIpc) is 3.09. The molecule has 1 aromatic heterocycles. The number of piperazine rings is 1. The van der Waals surface area contributed by atoms with Crippen LogP contribution in [0.2, 0.25) is 5.02 Å². The average molecular weight is 454 g/mol. The Morgan fingerprint density at radius 1 is 0.938 bits per heavy atom. The van der Waals surface area contributed by atoms with Crippen LogP contribution in [-0.2, 0) is 0 Å². The van der Waals surface area contributed by atoms with Gasteiger partial charge in [-0.25, -0.2) is 4.39 Å². The molecular weight excluding hydrogens is 429 g/mol. The second-order valence-corrected chi connectivity index (χ2v) is 8.48. The largest absolute Gasteiger partial charge is 0.336 e. The number of Topliss-reactive ketones (excluding diaryl/α,β-unsaturated/α-hetero) is 1. The number of benzene rings is 2. The zero-order valence-corrected chi connectivity index (χ0v) is 18.9. The molecule has 1 aliphatic rings. The molecule has 1 amide bonds. The first-order chi connectivity index (χ1) is 15.3. The number of halogens is 2. The number of aromatic nitrogens is 1. The van der Waals surface area contributed by atoms with E-state index in [0.717, 1.165) is 17.1 Å². The fourth-order valence-corrected chi connectivity index (χ4v) is 4.45. The van der Waals surface area contributed by atoms with Gasteiger partial charge in [-0.2, -0.15) is 0 Å². The van der Waals surface area contributed by atoms with E-state index in [1.807, 2.05) is 24.5 Å². The number of hydrogen-bond acceptors (Lipinski definition) is 3. The van der Waals surface area contributed by atoms with E-state index in [1.165, 1.54) is 12.1 Å². The number of rotatable bonds is 5. The highest BCUT2D eigenvalue weighted by Gasteiger charge is 2.26. The second-order valence-electron chi connectivity index (χ2n) is 8.07. The van der Waals surface area contributed by atoms with Crippen LogP contribution in [0, 0.1) is 19.7 Å². The van der Waals surface area contributed by atoms with E-state index in [4.69, 9.17) is 11.6 Å². The third-order valence-electron chi connectivity index (χ3n) is 5.95. The van der Waals surface area contributed by atoms with Crippen molar-refractivity contribution in [1.29, 1.82) is 0 Å². The quantitative estimate of drug-likeness (QED) is 0.533. The van der Waals surface area contributed by atoms with E-state index in [-0.39, 0.29) is 17.5 Å². The van der Waals surface area contributed by atoms with Crippen LogP contribution in [0.5, 0.6) is 0 Å². The van der Waals surface area contributed by atoms with Crippen molar-refractivity contribution in [2.75, 3.05) is 32.7 Å². The van der Waals surface area contributed by atoms with Crippen LogP contribution in [-0.4, -0.2) is 58.8 Å². The monoisotopic (exact) mass is 453 g/mol. The summed E-state index contributed by atoms with van der Waals surface area (Å²) in [5, 5.41) is 0.451. The van der Waals surface area contributed by atoms with E-state index in [1.54, 1.807) is 41.3 Å². The van der Waals surface area contributed by atoms with Gasteiger partial charge in [-0.05, 0) is 56.3 Å². The fraction of sp³-hybridized carbons (Fsp3) is 0.280. The molecule has 32 heavy (non-hydrogen) atoms. The molecule has 1 saturated heterocycles. The van der Waals surface area contributed by atoms with Crippen LogP contribution in [0.25, 0.3) is 5.69 Å². The number of carbonyl (C=O) groups excluding carboxylic acids is 2. The van der Waals surface area contributed by atoms with E-state index in [0.29, 0.717) is 48.9 Å². The SMILES string of the molecule is Cc1cc(C(=O)CN2CCN(C(=O)c3ccccc3Cl)CC2)c(C)n1-c1ccc(F)cc1. The lowest BCUT2D eigenvalue weighted by Crippen LogP contribution is -2.50. The minimum Gasteiger partial charge on any atom is -0.336 e. The maximum atomic E-state index is 13.3. The molecule has 1 aliphatic heterocycles. The first-order valence-electron chi connectivity index (χ1n) is 10.6. The number of carbonyl (C=O) groups is 2. The van der Waals surface area contributed by atoms with Gasteiger partial charge in [0.25, 0.3) is 5.91 Å². The molecule has 0 radical (unpaired) electrons. The predicted molar refractivity (Wildman–Crippen MR) is 123 cm³/mol. The van der Waals surface area contributed by atoms with Crippen LogP contribution < -0.4 is 0 Å². The van der Waals surface area contributed by atoms with Gasteiger partial charge in [0.1, 0.15) is 5.82 Å². The van der Waals surface area contributed by atoms with Crippen LogP contribution in [0.4, 0.5) is 4.39 Å². The van der Waals surface area contributed by atoms with Crippen molar-refractivity contribution in [1.82, 2.24) is 14.4 Å². The molecule has 0 bridgehead atoms. The smallest absolute Gasteiger partial charge is 0.255 e. The summed E-state index contributed by atoms with van der Waals surface area (Å²) in [4.78, 5) is 29.6. The van der Waals surface area contributed by atoms with E-state index in [2.05, 4.69) is 4.90 Å². The summed E-state index contributed by atoms with van der Waals surface area (Å²) in [6.45, 7) is 6.48. The fourth-order valence-electron chi connectivity index (χ4n) is 4.23. The van der Waals surface area contributed by atoms with Gasteiger partial charge in [0, 0.05) is 48.8 Å². The molecule has 1 fully saturated rings. The number of hydrogen-bond donors (Lipinski definition) is 0. The number of ketones is 1. The van der Waals surface area contributed by atoms with Crippen LogP contribution >= 0.6 is 11.6 Å². The first-order valence-corrected chi connectivity index (χ1v) is 11.0. The minimum atomic E-state index is -0.292. The topological polar surface area (TPSA) is 45.6 Å². The molecule has 0 saturated carbocycles. The Bertz CT molecular complexity index is 1150. The molecule has 166 valence electrons. The second kappa shape index (κ2) is 9.27. The number of nitrogens with zero attached hydrogens (tertiary/aromatic N) is 3. The Kier molecular flexibility index (Phi) is 6.44. The summed E-state index contributed by atoms with van der Waals surface area (Å²) in [5.41, 5.74) is 3.76. The van der Waals surface area contributed by atoms with Gasteiger partial charge < -0.3 is 9.47 Å². The summed E-state index contributed by atoms with van der Waals surface area (Å²) in [7, 11) is 0. The standard InChI is InChI=1S/C25H25ClFN3O2/c1-17-15-22(18(2)30(17)20-9-7-19(27)8-10-20)24(31)16-28-11-13-29(14-12-28)25(32)21-5-3-4-6-23(21)26/h3-10,15H,11-14,16H2,1-2H3. The summed E-state index contributed by atoms with van der Waals surface area (Å²) in [6.07, 6.45) is 0. The Balaban J connectivity index is 1.40. The molecule has 2 heterocycles. The highest BCUT2D eigenvalue weighted by atomic mass is 35.5. The third-order valence-corrected chi connectivity index (χ3v) is 6.28. The number of aryl methyl sites for hydroxylation is 1. The van der Waals surface area contributed by atoms with E-state index < -0.39 is 0 Å².